The van der Waals surface area contributed by atoms with Crippen molar-refractivity contribution >= 4 is 23.5 Å². The number of phenols is 1. The third kappa shape index (κ3) is 5.19. The van der Waals surface area contributed by atoms with Crippen LogP contribution in [0.15, 0.2) is 41.5 Å². The maximum atomic E-state index is 12.7. The van der Waals surface area contributed by atoms with Crippen molar-refractivity contribution in [2.24, 2.45) is 5.10 Å². The van der Waals surface area contributed by atoms with Gasteiger partial charge in [-0.15, -0.1) is 0 Å². The van der Waals surface area contributed by atoms with Gasteiger partial charge in [0.15, 0.2) is 6.61 Å². The van der Waals surface area contributed by atoms with E-state index in [1.54, 1.807) is 0 Å². The van der Waals surface area contributed by atoms with Crippen LogP contribution in [0.1, 0.15) is 5.56 Å². The number of non-ortho nitro benzene ring substituents is 1. The molecule has 0 aliphatic carbocycles. The Bertz CT molecular complexity index is 915. The third-order valence-corrected chi connectivity index (χ3v) is 3.09. The second kappa shape index (κ2) is 8.33. The number of hydrogen-bond donors (Lipinski definition) is 2. The van der Waals surface area contributed by atoms with Crippen molar-refractivity contribution in [3.63, 3.8) is 0 Å². The fraction of sp³-hybridized carbons (Fsp3) is 0.0667. The molecule has 27 heavy (non-hydrogen) atoms. The Kier molecular flexibility index (Phi) is 5.94. The highest BCUT2D eigenvalue weighted by Crippen LogP contribution is 2.33. The molecule has 0 aliphatic heterocycles. The second-order valence-electron chi connectivity index (χ2n) is 4.95. The van der Waals surface area contributed by atoms with Crippen molar-refractivity contribution in [1.29, 1.82) is 0 Å². The summed E-state index contributed by atoms with van der Waals surface area (Å²) in [5.41, 5.74) is 0.170. The average molecular weight is 378 g/mol. The number of carbonyl (C=O) groups excluding carboxylic acids is 1. The van der Waals surface area contributed by atoms with E-state index in [0.29, 0.717) is 6.07 Å². The minimum absolute atomic E-state index is 0.238. The Labute approximate surface area is 150 Å². The molecule has 2 aromatic rings. The molecule has 140 valence electrons. The number of nitrogens with zero attached hydrogens (tertiary/aromatic N) is 3. The molecular weight excluding hydrogens is 367 g/mol. The van der Waals surface area contributed by atoms with Gasteiger partial charge in [0.2, 0.25) is 5.75 Å². The third-order valence-electron chi connectivity index (χ3n) is 3.09. The number of halogens is 1. The number of carbonyl (C=O) groups is 1. The Hall–Kier alpha value is -4.09. The molecule has 0 unspecified atom stereocenters. The van der Waals surface area contributed by atoms with Gasteiger partial charge >= 0.3 is 5.69 Å². The summed E-state index contributed by atoms with van der Waals surface area (Å²) in [6, 6.07) is 6.36. The lowest BCUT2D eigenvalue weighted by Crippen LogP contribution is -2.24. The summed E-state index contributed by atoms with van der Waals surface area (Å²) >= 11 is 0. The Morgan fingerprint density at radius 1 is 1.22 bits per heavy atom. The molecule has 2 aromatic carbocycles. The number of amides is 1. The van der Waals surface area contributed by atoms with Crippen LogP contribution in [0.2, 0.25) is 0 Å². The molecule has 0 aromatic heterocycles. The van der Waals surface area contributed by atoms with E-state index in [1.807, 2.05) is 5.43 Å². The highest BCUT2D eigenvalue weighted by molar-refractivity contribution is 5.88. The monoisotopic (exact) mass is 378 g/mol. The van der Waals surface area contributed by atoms with Crippen molar-refractivity contribution < 1.29 is 28.9 Å². The smallest absolute Gasteiger partial charge is 0.318 e. The zero-order chi connectivity index (χ0) is 20.0. The second-order valence-corrected chi connectivity index (χ2v) is 4.95. The van der Waals surface area contributed by atoms with Gasteiger partial charge in [-0.1, -0.05) is 0 Å². The van der Waals surface area contributed by atoms with Crippen molar-refractivity contribution in [3.8, 4) is 11.5 Å². The molecule has 0 radical (unpaired) electrons. The summed E-state index contributed by atoms with van der Waals surface area (Å²) in [6.45, 7) is -0.468. The molecule has 2 rings (SSSR count). The fourth-order valence-corrected chi connectivity index (χ4v) is 1.85. The van der Waals surface area contributed by atoms with E-state index in [9.17, 15) is 34.5 Å². The van der Waals surface area contributed by atoms with Crippen LogP contribution < -0.4 is 10.2 Å². The van der Waals surface area contributed by atoms with Gasteiger partial charge in [-0.3, -0.25) is 25.0 Å². The van der Waals surface area contributed by atoms with Gasteiger partial charge in [-0.2, -0.15) is 5.10 Å². The summed E-state index contributed by atoms with van der Waals surface area (Å²) in [5, 5.41) is 34.9. The molecule has 12 heteroatoms. The van der Waals surface area contributed by atoms with Crippen LogP contribution in [0.4, 0.5) is 15.8 Å². The minimum Gasteiger partial charge on any atom is -0.502 e. The van der Waals surface area contributed by atoms with Gasteiger partial charge in [0.1, 0.15) is 11.6 Å². The predicted octanol–water partition coefficient (Wildman–Crippen LogP) is 1.88. The number of benzene rings is 2. The zero-order valence-corrected chi connectivity index (χ0v) is 13.4. The van der Waals surface area contributed by atoms with Crippen LogP contribution in [0, 0.1) is 26.0 Å². The summed E-state index contributed by atoms with van der Waals surface area (Å²) < 4.78 is 17.8. The van der Waals surface area contributed by atoms with E-state index >= 15 is 0 Å². The summed E-state index contributed by atoms with van der Waals surface area (Å²) in [5.74, 6) is -1.80. The maximum absolute atomic E-state index is 12.7. The van der Waals surface area contributed by atoms with Crippen LogP contribution in [-0.2, 0) is 4.79 Å². The van der Waals surface area contributed by atoms with Gasteiger partial charge in [-0.25, -0.2) is 9.82 Å². The largest absolute Gasteiger partial charge is 0.502 e. The lowest BCUT2D eigenvalue weighted by molar-refractivity contribution is -0.394. The molecule has 1 amide bonds. The topological polar surface area (TPSA) is 157 Å². The van der Waals surface area contributed by atoms with E-state index in [-0.39, 0.29) is 11.3 Å². The molecule has 0 atom stereocenters. The normalized spacial score (nSPS) is 10.6. The molecule has 0 aliphatic rings. The van der Waals surface area contributed by atoms with Gasteiger partial charge in [0.05, 0.1) is 27.7 Å². The number of nitro groups is 2. The summed E-state index contributed by atoms with van der Waals surface area (Å²) in [6.07, 6.45) is 0.811. The van der Waals surface area contributed by atoms with E-state index in [0.717, 1.165) is 24.4 Å². The van der Waals surface area contributed by atoms with Gasteiger partial charge in [-0.05, 0) is 24.3 Å². The Morgan fingerprint density at radius 3 is 2.48 bits per heavy atom. The summed E-state index contributed by atoms with van der Waals surface area (Å²) in [4.78, 5) is 31.4. The molecule has 0 spiro atoms. The average Bonchev–Trinajstić information content (AvgIpc) is 2.62. The van der Waals surface area contributed by atoms with Crippen LogP contribution >= 0.6 is 0 Å². The van der Waals surface area contributed by atoms with Gasteiger partial charge in [0, 0.05) is 6.07 Å². The molecule has 0 saturated heterocycles. The van der Waals surface area contributed by atoms with E-state index in [1.165, 1.54) is 12.1 Å². The number of phenolic OH excluding ortho intramolecular Hbond substituents is 1. The minimum atomic E-state index is -0.991. The maximum Gasteiger partial charge on any atom is 0.318 e. The zero-order valence-electron chi connectivity index (χ0n) is 13.4. The number of hydrogen-bond acceptors (Lipinski definition) is 8. The van der Waals surface area contributed by atoms with E-state index in [2.05, 4.69) is 5.10 Å². The molecule has 0 heterocycles. The van der Waals surface area contributed by atoms with Crippen molar-refractivity contribution in [3.05, 3.63) is 68.0 Å². The lowest BCUT2D eigenvalue weighted by Gasteiger charge is -2.04. The number of ether oxygens (including phenoxy) is 1. The number of hydrazone groups is 1. The van der Waals surface area contributed by atoms with Crippen molar-refractivity contribution in [2.75, 3.05) is 6.61 Å². The lowest BCUT2D eigenvalue weighted by atomic mass is 10.1. The fourth-order valence-electron chi connectivity index (χ4n) is 1.85. The quantitative estimate of drug-likeness (QED) is 0.423. The first-order chi connectivity index (χ1) is 12.8. The first-order valence-corrected chi connectivity index (χ1v) is 7.14. The molecule has 2 N–H and O–H groups in total. The first kappa shape index (κ1) is 19.2. The van der Waals surface area contributed by atoms with Gasteiger partial charge < -0.3 is 9.84 Å². The number of nitrogens with one attached hydrogen (secondary N) is 1. The molecule has 0 saturated carbocycles. The number of rotatable bonds is 7. The van der Waals surface area contributed by atoms with Crippen molar-refractivity contribution in [1.82, 2.24) is 5.43 Å². The van der Waals surface area contributed by atoms with Gasteiger partial charge in [0.25, 0.3) is 11.6 Å². The molecule has 0 bridgehead atoms. The van der Waals surface area contributed by atoms with E-state index in [4.69, 9.17) is 4.74 Å². The van der Waals surface area contributed by atoms with Crippen LogP contribution in [0.5, 0.6) is 11.5 Å². The SMILES string of the molecule is O=C(COc1ccc(F)cc1)N/N=C\c1cc([N+](=O)[O-])cc([N+](=O)[O-])c1O. The molecule has 0 fully saturated rings. The number of nitro benzene ring substituents is 2. The summed E-state index contributed by atoms with van der Waals surface area (Å²) in [7, 11) is 0. The first-order valence-electron chi connectivity index (χ1n) is 7.14. The Morgan fingerprint density at radius 2 is 1.89 bits per heavy atom. The highest BCUT2D eigenvalue weighted by Gasteiger charge is 2.23. The predicted molar refractivity (Wildman–Crippen MR) is 89.0 cm³/mol. The van der Waals surface area contributed by atoms with Crippen molar-refractivity contribution in [2.45, 2.75) is 0 Å². The Balaban J connectivity index is 2.04. The molecular formula is C15H11FN4O7. The van der Waals surface area contributed by atoms with E-state index < -0.39 is 45.3 Å². The standard InChI is InChI=1S/C15H11FN4O7/c16-10-1-3-12(4-2-10)27-8-14(21)18-17-7-9-5-11(19(23)24)6-13(15(9)22)20(25)26/h1-7,22H,8H2,(H,18,21)/b17-7-. The van der Waals surface area contributed by atoms with Crippen LogP contribution in [0.3, 0.4) is 0 Å². The molecule has 11 nitrogen and oxygen atoms in total. The van der Waals surface area contributed by atoms with Crippen LogP contribution in [0.25, 0.3) is 0 Å². The number of aromatic hydroxyl groups is 1. The highest BCUT2D eigenvalue weighted by atomic mass is 19.1. The van der Waals surface area contributed by atoms with Crippen LogP contribution in [-0.4, -0.2) is 33.7 Å².